The van der Waals surface area contributed by atoms with Crippen molar-refractivity contribution in [3.05, 3.63) is 65.5 Å². The van der Waals surface area contributed by atoms with Gasteiger partial charge < -0.3 is 5.73 Å². The van der Waals surface area contributed by atoms with Crippen LogP contribution in [0.4, 0.5) is 10.1 Å². The minimum Gasteiger partial charge on any atom is -0.399 e. The number of anilines is 1. The van der Waals surface area contributed by atoms with Crippen LogP contribution in [-0.4, -0.2) is 10.9 Å². The summed E-state index contributed by atoms with van der Waals surface area (Å²) in [5, 5.41) is 0. The lowest BCUT2D eigenvalue weighted by atomic mass is 10.1. The van der Waals surface area contributed by atoms with E-state index < -0.39 is 0 Å². The molecule has 0 atom stereocenters. The lowest BCUT2D eigenvalue weighted by molar-refractivity contribution is 0.203. The molecule has 2 N–H and O–H groups in total. The Labute approximate surface area is 120 Å². The highest BCUT2D eigenvalue weighted by atomic mass is 19.1. The molecule has 0 aromatic heterocycles. The first-order valence-corrected chi connectivity index (χ1v) is 6.87. The van der Waals surface area contributed by atoms with Gasteiger partial charge in [0, 0.05) is 24.8 Å². The lowest BCUT2D eigenvalue weighted by Gasteiger charge is -2.26. The molecule has 0 bridgehead atoms. The monoisotopic (exact) mass is 272 g/mol. The molecule has 3 heteroatoms. The van der Waals surface area contributed by atoms with Crippen LogP contribution in [0.5, 0.6) is 0 Å². The predicted molar refractivity (Wildman–Crippen MR) is 81.6 cm³/mol. The topological polar surface area (TPSA) is 29.3 Å². The molecule has 0 saturated carbocycles. The molecule has 106 valence electrons. The summed E-state index contributed by atoms with van der Waals surface area (Å²) in [7, 11) is 0. The van der Waals surface area contributed by atoms with Crippen LogP contribution >= 0.6 is 0 Å². The second-order valence-corrected chi connectivity index (χ2v) is 5.37. The van der Waals surface area contributed by atoms with Crippen molar-refractivity contribution in [3.8, 4) is 0 Å². The predicted octanol–water partition coefficient (Wildman–Crippen LogP) is 3.82. The van der Waals surface area contributed by atoms with Crippen molar-refractivity contribution in [1.29, 1.82) is 0 Å². The Kier molecular flexibility index (Phi) is 4.74. The average Bonchev–Trinajstić information content (AvgIpc) is 2.42. The number of halogens is 1. The number of nitrogens with zero attached hydrogens (tertiary/aromatic N) is 1. The summed E-state index contributed by atoms with van der Waals surface area (Å²) < 4.78 is 12.9. The molecule has 0 fully saturated rings. The van der Waals surface area contributed by atoms with E-state index in [2.05, 4.69) is 30.9 Å². The summed E-state index contributed by atoms with van der Waals surface area (Å²) in [5.41, 5.74) is 8.84. The number of nitrogens with two attached hydrogens (primary N) is 1. The molecule has 0 spiro atoms. The number of rotatable bonds is 5. The molecule has 0 amide bonds. The van der Waals surface area contributed by atoms with E-state index >= 15 is 0 Å². The summed E-state index contributed by atoms with van der Waals surface area (Å²) in [4.78, 5) is 2.35. The summed E-state index contributed by atoms with van der Waals surface area (Å²) in [5.74, 6) is -0.191. The van der Waals surface area contributed by atoms with Gasteiger partial charge in [-0.15, -0.1) is 0 Å². The maximum Gasteiger partial charge on any atom is 0.123 e. The molecule has 2 aromatic rings. The van der Waals surface area contributed by atoms with E-state index in [1.807, 2.05) is 24.3 Å². The number of benzene rings is 2. The zero-order chi connectivity index (χ0) is 14.5. The van der Waals surface area contributed by atoms with Crippen molar-refractivity contribution in [2.45, 2.75) is 33.0 Å². The van der Waals surface area contributed by atoms with Gasteiger partial charge in [0.15, 0.2) is 0 Å². The molecule has 20 heavy (non-hydrogen) atoms. The standard InChI is InChI=1S/C17H21FN2/c1-13(2)20(11-14-3-7-16(18)8-4-14)12-15-5-9-17(19)10-6-15/h3-10,13H,11-12,19H2,1-2H3. The van der Waals surface area contributed by atoms with Crippen LogP contribution in [0.3, 0.4) is 0 Å². The lowest BCUT2D eigenvalue weighted by Crippen LogP contribution is -2.29. The maximum atomic E-state index is 12.9. The quantitative estimate of drug-likeness (QED) is 0.838. The first-order chi connectivity index (χ1) is 9.54. The van der Waals surface area contributed by atoms with Crippen molar-refractivity contribution in [1.82, 2.24) is 4.90 Å². The first kappa shape index (κ1) is 14.5. The zero-order valence-corrected chi connectivity index (χ0v) is 12.0. The van der Waals surface area contributed by atoms with Gasteiger partial charge in [-0.1, -0.05) is 24.3 Å². The Balaban J connectivity index is 2.07. The van der Waals surface area contributed by atoms with E-state index in [9.17, 15) is 4.39 Å². The van der Waals surface area contributed by atoms with E-state index in [4.69, 9.17) is 5.73 Å². The van der Waals surface area contributed by atoms with Gasteiger partial charge in [-0.2, -0.15) is 0 Å². The van der Waals surface area contributed by atoms with Crippen LogP contribution < -0.4 is 5.73 Å². The highest BCUT2D eigenvalue weighted by Gasteiger charge is 2.11. The van der Waals surface area contributed by atoms with Gasteiger partial charge >= 0.3 is 0 Å². The normalized spacial score (nSPS) is 11.2. The van der Waals surface area contributed by atoms with Gasteiger partial charge in [0.2, 0.25) is 0 Å². The minimum atomic E-state index is -0.191. The molecule has 0 aliphatic rings. The van der Waals surface area contributed by atoms with E-state index in [0.717, 1.165) is 24.3 Å². The summed E-state index contributed by atoms with van der Waals surface area (Å²) in [6, 6.07) is 15.1. The van der Waals surface area contributed by atoms with Crippen molar-refractivity contribution in [2.24, 2.45) is 0 Å². The molecule has 2 rings (SSSR count). The van der Waals surface area contributed by atoms with Crippen LogP contribution in [0.25, 0.3) is 0 Å². The Hall–Kier alpha value is -1.87. The van der Waals surface area contributed by atoms with Crippen LogP contribution in [-0.2, 0) is 13.1 Å². The van der Waals surface area contributed by atoms with E-state index in [1.54, 1.807) is 0 Å². The number of hydrogen-bond donors (Lipinski definition) is 1. The Morgan fingerprint density at radius 1 is 0.900 bits per heavy atom. The minimum absolute atomic E-state index is 0.191. The fourth-order valence-electron chi connectivity index (χ4n) is 2.10. The van der Waals surface area contributed by atoms with Crippen LogP contribution in [0.15, 0.2) is 48.5 Å². The molecule has 2 nitrogen and oxygen atoms in total. The highest BCUT2D eigenvalue weighted by molar-refractivity contribution is 5.39. The van der Waals surface area contributed by atoms with Crippen LogP contribution in [0.1, 0.15) is 25.0 Å². The van der Waals surface area contributed by atoms with Gasteiger partial charge in [0.05, 0.1) is 0 Å². The fourth-order valence-corrected chi connectivity index (χ4v) is 2.10. The van der Waals surface area contributed by atoms with Crippen molar-refractivity contribution in [3.63, 3.8) is 0 Å². The van der Waals surface area contributed by atoms with E-state index in [1.165, 1.54) is 17.7 Å². The number of nitrogen functional groups attached to an aromatic ring is 1. The molecular formula is C17H21FN2. The van der Waals surface area contributed by atoms with Crippen molar-refractivity contribution < 1.29 is 4.39 Å². The average molecular weight is 272 g/mol. The molecule has 0 heterocycles. The van der Waals surface area contributed by atoms with Gasteiger partial charge in [0.25, 0.3) is 0 Å². The fraction of sp³-hybridized carbons (Fsp3) is 0.294. The number of hydrogen-bond acceptors (Lipinski definition) is 2. The summed E-state index contributed by atoms with van der Waals surface area (Å²) in [6.07, 6.45) is 0. The third kappa shape index (κ3) is 4.07. The Bertz CT molecular complexity index is 484. The van der Waals surface area contributed by atoms with Crippen LogP contribution in [0.2, 0.25) is 0 Å². The first-order valence-electron chi connectivity index (χ1n) is 6.87. The molecular weight excluding hydrogens is 251 g/mol. The third-order valence-corrected chi connectivity index (χ3v) is 3.39. The Morgan fingerprint density at radius 3 is 1.80 bits per heavy atom. The summed E-state index contributed by atoms with van der Waals surface area (Å²) in [6.45, 7) is 6.00. The van der Waals surface area contributed by atoms with Crippen molar-refractivity contribution >= 4 is 5.69 Å². The summed E-state index contributed by atoms with van der Waals surface area (Å²) >= 11 is 0. The molecule has 0 unspecified atom stereocenters. The molecule has 0 aliphatic carbocycles. The Morgan fingerprint density at radius 2 is 1.35 bits per heavy atom. The van der Waals surface area contributed by atoms with Gasteiger partial charge in [-0.25, -0.2) is 4.39 Å². The highest BCUT2D eigenvalue weighted by Crippen LogP contribution is 2.15. The SMILES string of the molecule is CC(C)N(Cc1ccc(N)cc1)Cc1ccc(F)cc1. The smallest absolute Gasteiger partial charge is 0.123 e. The van der Waals surface area contributed by atoms with Gasteiger partial charge in [-0.05, 0) is 49.2 Å². The molecule has 0 radical (unpaired) electrons. The van der Waals surface area contributed by atoms with Crippen molar-refractivity contribution in [2.75, 3.05) is 5.73 Å². The van der Waals surface area contributed by atoms with E-state index in [-0.39, 0.29) is 5.82 Å². The van der Waals surface area contributed by atoms with Crippen LogP contribution in [0, 0.1) is 5.82 Å². The third-order valence-electron chi connectivity index (χ3n) is 3.39. The zero-order valence-electron chi connectivity index (χ0n) is 12.0. The molecule has 0 aliphatic heterocycles. The second kappa shape index (κ2) is 6.53. The van der Waals surface area contributed by atoms with E-state index in [0.29, 0.717) is 6.04 Å². The van der Waals surface area contributed by atoms with Gasteiger partial charge in [-0.3, -0.25) is 4.90 Å². The maximum absolute atomic E-state index is 12.9. The largest absolute Gasteiger partial charge is 0.399 e. The molecule has 0 saturated heterocycles. The second-order valence-electron chi connectivity index (χ2n) is 5.37. The molecule has 2 aromatic carbocycles. The van der Waals surface area contributed by atoms with Gasteiger partial charge in [0.1, 0.15) is 5.82 Å².